The predicted octanol–water partition coefficient (Wildman–Crippen LogP) is 2.99. The van der Waals surface area contributed by atoms with Crippen molar-refractivity contribution in [3.8, 4) is 0 Å². The SMILES string of the molecule is [SeH]C(CC1CS1)CC1C[Se]CC(CC([SeH])CC2CS2)[Se]1. The molecule has 0 aromatic heterocycles. The Morgan fingerprint density at radius 3 is 1.70 bits per heavy atom. The maximum absolute atomic E-state index is 3.00. The average molecular weight is 572 g/mol. The fraction of sp³-hybridized carbons (Fsp3) is 1.00. The summed E-state index contributed by atoms with van der Waals surface area (Å²) in [6.07, 6.45) is 6.05. The van der Waals surface area contributed by atoms with Crippen LogP contribution < -0.4 is 0 Å². The van der Waals surface area contributed by atoms with Gasteiger partial charge in [-0.25, -0.2) is 0 Å². The first kappa shape index (κ1) is 17.6. The molecule has 0 saturated carbocycles. The van der Waals surface area contributed by atoms with Gasteiger partial charge in [-0.15, -0.1) is 0 Å². The summed E-state index contributed by atoms with van der Waals surface area (Å²) in [5.41, 5.74) is 0. The molecule has 0 nitrogen and oxygen atoms in total. The molecule has 0 N–H and O–H groups in total. The third-order valence-electron chi connectivity index (χ3n) is 3.94. The fourth-order valence-electron chi connectivity index (χ4n) is 2.74. The van der Waals surface area contributed by atoms with Crippen molar-refractivity contribution < 1.29 is 0 Å². The molecule has 3 fully saturated rings. The Labute approximate surface area is 161 Å². The van der Waals surface area contributed by atoms with Crippen LogP contribution in [0.25, 0.3) is 0 Å². The standard InChI is InChI=1S/C14H24S2Se4/c17-11(1-9-5-15-9)3-13-7-19-8-14(20-13)4-12(18)2-10-6-16-10/h9-14,17-18H,1-8H2. The van der Waals surface area contributed by atoms with Crippen LogP contribution in [-0.4, -0.2) is 83.9 Å². The van der Waals surface area contributed by atoms with Gasteiger partial charge in [0, 0.05) is 0 Å². The van der Waals surface area contributed by atoms with Crippen molar-refractivity contribution in [3.05, 3.63) is 0 Å². The van der Waals surface area contributed by atoms with Crippen LogP contribution in [0, 0.1) is 0 Å². The maximum atomic E-state index is 3.00. The summed E-state index contributed by atoms with van der Waals surface area (Å²) in [6, 6.07) is 0. The van der Waals surface area contributed by atoms with Gasteiger partial charge in [-0.3, -0.25) is 0 Å². The summed E-state index contributed by atoms with van der Waals surface area (Å²) in [5, 5.41) is 5.29. The Kier molecular flexibility index (Phi) is 7.70. The summed E-state index contributed by atoms with van der Waals surface area (Å²) in [6.45, 7) is 0. The van der Waals surface area contributed by atoms with Gasteiger partial charge >= 0.3 is 163 Å². The van der Waals surface area contributed by atoms with Crippen LogP contribution in [-0.2, 0) is 0 Å². The molecule has 0 spiro atoms. The van der Waals surface area contributed by atoms with E-state index in [2.05, 4.69) is 55.5 Å². The van der Waals surface area contributed by atoms with Gasteiger partial charge < -0.3 is 0 Å². The summed E-state index contributed by atoms with van der Waals surface area (Å²) in [5.74, 6) is 2.90. The minimum atomic E-state index is 0.944. The fourth-order valence-corrected chi connectivity index (χ4v) is 16.9. The number of hydrogen-bond donors (Lipinski definition) is 0. The Bertz CT molecular complexity index is 282. The molecule has 6 unspecified atom stereocenters. The molecule has 6 heteroatoms. The summed E-state index contributed by atoms with van der Waals surface area (Å²) in [4.78, 5) is 4.15. The first-order valence-electron chi connectivity index (χ1n) is 7.51. The third-order valence-corrected chi connectivity index (χ3v) is 15.6. The third kappa shape index (κ3) is 6.72. The van der Waals surface area contributed by atoms with Crippen molar-refractivity contribution in [1.29, 1.82) is 0 Å². The molecule has 3 aliphatic heterocycles. The van der Waals surface area contributed by atoms with Crippen LogP contribution in [0.15, 0.2) is 0 Å². The van der Waals surface area contributed by atoms with Gasteiger partial charge in [-0.2, -0.15) is 0 Å². The van der Waals surface area contributed by atoms with Crippen molar-refractivity contribution in [1.82, 2.24) is 0 Å². The molecular formula is C14H24S2Se4. The normalized spacial score (nSPS) is 39.3. The van der Waals surface area contributed by atoms with Gasteiger partial charge in [-0.1, -0.05) is 0 Å². The molecule has 0 aromatic carbocycles. The second-order valence-electron chi connectivity index (χ2n) is 6.08. The van der Waals surface area contributed by atoms with Gasteiger partial charge in [0.15, 0.2) is 0 Å². The minimum absolute atomic E-state index is 0.944. The van der Waals surface area contributed by atoms with Crippen LogP contribution in [0.5, 0.6) is 0 Å². The van der Waals surface area contributed by atoms with Crippen molar-refractivity contribution >= 4 is 85.5 Å². The van der Waals surface area contributed by atoms with Crippen molar-refractivity contribution in [2.45, 2.75) is 66.1 Å². The molecule has 0 amide bonds. The van der Waals surface area contributed by atoms with E-state index in [9.17, 15) is 0 Å². The van der Waals surface area contributed by atoms with Gasteiger partial charge in [0.05, 0.1) is 0 Å². The average Bonchev–Trinajstić information content (AvgIpc) is 3.26. The molecule has 0 aliphatic carbocycles. The Morgan fingerprint density at radius 1 is 0.850 bits per heavy atom. The first-order chi connectivity index (χ1) is 9.69. The van der Waals surface area contributed by atoms with E-state index in [-0.39, 0.29) is 0 Å². The zero-order valence-electron chi connectivity index (χ0n) is 11.6. The number of hydrogen-bond acceptors (Lipinski definition) is 2. The van der Waals surface area contributed by atoms with Gasteiger partial charge in [0.25, 0.3) is 0 Å². The van der Waals surface area contributed by atoms with E-state index in [4.69, 9.17) is 0 Å². The summed E-state index contributed by atoms with van der Waals surface area (Å²) in [7, 11) is 0. The Balaban J connectivity index is 1.36. The van der Waals surface area contributed by atoms with E-state index in [1.165, 1.54) is 37.2 Å². The summed E-state index contributed by atoms with van der Waals surface area (Å²) < 4.78 is 0. The van der Waals surface area contributed by atoms with Crippen LogP contribution >= 0.6 is 23.5 Å². The molecule has 0 bridgehead atoms. The molecule has 3 rings (SSSR count). The van der Waals surface area contributed by atoms with Crippen molar-refractivity contribution in [2.75, 3.05) is 11.5 Å². The second kappa shape index (κ2) is 8.75. The molecule has 0 radical (unpaired) electrons. The number of rotatable bonds is 8. The number of thioether (sulfide) groups is 2. The van der Waals surface area contributed by atoms with E-state index < -0.39 is 0 Å². The van der Waals surface area contributed by atoms with Gasteiger partial charge in [0.1, 0.15) is 0 Å². The van der Waals surface area contributed by atoms with Crippen molar-refractivity contribution in [3.63, 3.8) is 0 Å². The van der Waals surface area contributed by atoms with Crippen LogP contribution in [0.2, 0.25) is 29.9 Å². The van der Waals surface area contributed by atoms with E-state index in [0.717, 1.165) is 59.7 Å². The van der Waals surface area contributed by atoms with E-state index in [0.29, 0.717) is 0 Å². The van der Waals surface area contributed by atoms with Crippen LogP contribution in [0.4, 0.5) is 0 Å². The zero-order chi connectivity index (χ0) is 13.9. The molecule has 20 heavy (non-hydrogen) atoms. The molecular weight excluding hydrogens is 548 g/mol. The topological polar surface area (TPSA) is 0 Å². The Morgan fingerprint density at radius 2 is 1.30 bits per heavy atom. The van der Waals surface area contributed by atoms with Crippen LogP contribution in [0.1, 0.15) is 25.7 Å². The van der Waals surface area contributed by atoms with Crippen LogP contribution in [0.3, 0.4) is 0 Å². The predicted molar refractivity (Wildman–Crippen MR) is 101 cm³/mol. The van der Waals surface area contributed by atoms with Gasteiger partial charge in [-0.05, 0) is 0 Å². The molecule has 3 saturated heterocycles. The summed E-state index contributed by atoms with van der Waals surface area (Å²) >= 11 is 12.3. The second-order valence-corrected chi connectivity index (χ2v) is 17.4. The van der Waals surface area contributed by atoms with E-state index in [1.807, 2.05) is 0 Å². The van der Waals surface area contributed by atoms with Crippen molar-refractivity contribution in [2.24, 2.45) is 0 Å². The first-order valence-corrected chi connectivity index (χ1v) is 16.2. The van der Waals surface area contributed by atoms with Gasteiger partial charge in [0.2, 0.25) is 0 Å². The molecule has 6 atom stereocenters. The molecule has 3 aliphatic rings. The molecule has 116 valence electrons. The molecule has 0 aromatic rings. The van der Waals surface area contributed by atoms with E-state index in [1.54, 1.807) is 10.6 Å². The molecule has 3 heterocycles. The van der Waals surface area contributed by atoms with E-state index >= 15 is 0 Å². The monoisotopic (exact) mass is 576 g/mol. The quantitative estimate of drug-likeness (QED) is 0.324. The Hall–Kier alpha value is 2.78. The zero-order valence-corrected chi connectivity index (χ0v) is 20.5.